The molecule has 0 unspecified atom stereocenters. The van der Waals surface area contributed by atoms with Gasteiger partial charge in [0.15, 0.2) is 23.0 Å². The Morgan fingerprint density at radius 2 is 1.92 bits per heavy atom. The average Bonchev–Trinajstić information content (AvgIpc) is 2.67. The lowest BCUT2D eigenvalue weighted by Gasteiger charge is -2.18. The highest BCUT2D eigenvalue weighted by molar-refractivity contribution is 8.00. The predicted octanol–water partition coefficient (Wildman–Crippen LogP) is 3.60. The number of rotatable bonds is 7. The summed E-state index contributed by atoms with van der Waals surface area (Å²) in [6.07, 6.45) is 0. The monoisotopic (exact) mass is 375 g/mol. The molecule has 26 heavy (non-hydrogen) atoms. The topological polar surface area (TPSA) is 66.0 Å². The number of nitrogens with one attached hydrogen (secondary N) is 1. The molecule has 1 N–H and O–H groups in total. The van der Waals surface area contributed by atoms with Crippen molar-refractivity contribution in [2.75, 3.05) is 38.0 Å². The van der Waals surface area contributed by atoms with Gasteiger partial charge >= 0.3 is 0 Å². The molecule has 0 radical (unpaired) electrons. The normalized spacial score (nSPS) is 12.4. The van der Waals surface area contributed by atoms with Gasteiger partial charge in [-0.05, 0) is 37.3 Å². The summed E-state index contributed by atoms with van der Waals surface area (Å²) in [5.41, 5.74) is 0.665. The van der Waals surface area contributed by atoms with Crippen LogP contribution >= 0.6 is 11.8 Å². The molecule has 2 aromatic rings. The van der Waals surface area contributed by atoms with E-state index in [-0.39, 0.29) is 11.7 Å². The van der Waals surface area contributed by atoms with Crippen LogP contribution in [0.25, 0.3) is 0 Å². The van der Waals surface area contributed by atoms with Gasteiger partial charge in [-0.1, -0.05) is 0 Å². The molecule has 0 atom stereocenters. The van der Waals surface area contributed by atoms with Gasteiger partial charge in [-0.25, -0.2) is 0 Å². The fourth-order valence-electron chi connectivity index (χ4n) is 2.48. The van der Waals surface area contributed by atoms with E-state index < -0.39 is 0 Å². The van der Waals surface area contributed by atoms with Crippen LogP contribution in [0.3, 0.4) is 0 Å². The van der Waals surface area contributed by atoms with E-state index >= 15 is 0 Å². The summed E-state index contributed by atoms with van der Waals surface area (Å²) in [5.74, 6) is 2.89. The van der Waals surface area contributed by atoms with Crippen molar-refractivity contribution >= 4 is 23.4 Å². The summed E-state index contributed by atoms with van der Waals surface area (Å²) >= 11 is 1.44. The maximum Gasteiger partial charge on any atom is 0.234 e. The van der Waals surface area contributed by atoms with Gasteiger partial charge in [0.05, 0.1) is 19.5 Å². The van der Waals surface area contributed by atoms with Crippen molar-refractivity contribution in [3.8, 4) is 23.0 Å². The number of methoxy groups -OCH3 is 1. The van der Waals surface area contributed by atoms with Gasteiger partial charge in [-0.15, -0.1) is 11.8 Å². The largest absolute Gasteiger partial charge is 0.493 e. The highest BCUT2D eigenvalue weighted by Gasteiger charge is 2.13. The van der Waals surface area contributed by atoms with Crippen molar-refractivity contribution in [3.05, 3.63) is 36.4 Å². The molecule has 0 saturated carbocycles. The molecule has 0 aliphatic carbocycles. The van der Waals surface area contributed by atoms with Crippen LogP contribution < -0.4 is 24.3 Å². The van der Waals surface area contributed by atoms with Gasteiger partial charge in [0.1, 0.15) is 13.2 Å². The van der Waals surface area contributed by atoms with Crippen LogP contribution in [0, 0.1) is 0 Å². The Balaban J connectivity index is 1.57. The number of ether oxygens (including phenoxy) is 4. The van der Waals surface area contributed by atoms with Crippen LogP contribution in [0.5, 0.6) is 23.0 Å². The Morgan fingerprint density at radius 3 is 2.69 bits per heavy atom. The molecular weight excluding hydrogens is 354 g/mol. The second-order valence-electron chi connectivity index (χ2n) is 5.44. The lowest BCUT2D eigenvalue weighted by Crippen LogP contribution is -2.15. The first-order valence-corrected chi connectivity index (χ1v) is 9.31. The van der Waals surface area contributed by atoms with E-state index in [1.165, 1.54) is 11.8 Å². The van der Waals surface area contributed by atoms with E-state index in [1.54, 1.807) is 25.3 Å². The van der Waals surface area contributed by atoms with Crippen molar-refractivity contribution in [2.45, 2.75) is 11.8 Å². The minimum Gasteiger partial charge on any atom is -0.493 e. The van der Waals surface area contributed by atoms with Gasteiger partial charge in [-0.3, -0.25) is 4.79 Å². The number of thioether (sulfide) groups is 1. The van der Waals surface area contributed by atoms with Crippen molar-refractivity contribution in [3.63, 3.8) is 0 Å². The summed E-state index contributed by atoms with van der Waals surface area (Å²) in [6.45, 7) is 3.56. The minimum atomic E-state index is -0.101. The fraction of sp³-hybridized carbons (Fsp3) is 0.316. The highest BCUT2D eigenvalue weighted by Crippen LogP contribution is 2.34. The maximum atomic E-state index is 12.2. The van der Waals surface area contributed by atoms with E-state index in [9.17, 15) is 4.79 Å². The smallest absolute Gasteiger partial charge is 0.234 e. The molecule has 0 spiro atoms. The summed E-state index contributed by atoms with van der Waals surface area (Å²) in [6, 6.07) is 11.0. The Kier molecular flexibility index (Phi) is 6.12. The molecule has 3 rings (SSSR count). The molecule has 0 aromatic heterocycles. The Bertz CT molecular complexity index is 781. The maximum absolute atomic E-state index is 12.2. The van der Waals surface area contributed by atoms with Crippen molar-refractivity contribution in [1.29, 1.82) is 0 Å². The minimum absolute atomic E-state index is 0.101. The summed E-state index contributed by atoms with van der Waals surface area (Å²) in [7, 11) is 1.57. The van der Waals surface area contributed by atoms with E-state index in [2.05, 4.69) is 5.32 Å². The second-order valence-corrected chi connectivity index (χ2v) is 6.49. The number of carbonyl (C=O) groups is 1. The molecule has 1 heterocycles. The Hall–Kier alpha value is -2.54. The highest BCUT2D eigenvalue weighted by atomic mass is 32.2. The molecule has 138 valence electrons. The SMILES string of the molecule is CCOc1ccc(NC(=O)CSc2ccc3c(c2)OCCO3)cc1OC. The van der Waals surface area contributed by atoms with E-state index in [0.717, 1.165) is 16.4 Å². The van der Waals surface area contributed by atoms with Crippen LogP contribution in [0.2, 0.25) is 0 Å². The standard InChI is InChI=1S/C19H21NO5S/c1-3-23-15-6-4-13(10-17(15)22-2)20-19(21)12-26-14-5-7-16-18(11-14)25-9-8-24-16/h4-7,10-11H,3,8-9,12H2,1-2H3,(H,20,21). The first-order chi connectivity index (χ1) is 12.7. The molecule has 2 aromatic carbocycles. The quantitative estimate of drug-likeness (QED) is 0.746. The van der Waals surface area contributed by atoms with Crippen LogP contribution in [0.1, 0.15) is 6.92 Å². The lowest BCUT2D eigenvalue weighted by molar-refractivity contribution is -0.113. The van der Waals surface area contributed by atoms with Gasteiger partial charge in [0.25, 0.3) is 0 Å². The van der Waals surface area contributed by atoms with Crippen LogP contribution in [0.4, 0.5) is 5.69 Å². The second kappa shape index (κ2) is 8.71. The molecule has 0 saturated heterocycles. The molecule has 0 fully saturated rings. The summed E-state index contributed by atoms with van der Waals surface area (Å²) < 4.78 is 21.8. The third-order valence-electron chi connectivity index (χ3n) is 3.63. The van der Waals surface area contributed by atoms with Gasteiger partial charge < -0.3 is 24.3 Å². The third kappa shape index (κ3) is 4.54. The molecule has 0 bridgehead atoms. The van der Waals surface area contributed by atoms with Gasteiger partial charge in [-0.2, -0.15) is 0 Å². The number of amides is 1. The summed E-state index contributed by atoms with van der Waals surface area (Å²) in [5, 5.41) is 2.87. The van der Waals surface area contributed by atoms with Gasteiger partial charge in [0.2, 0.25) is 5.91 Å². The Labute approximate surface area is 156 Å². The number of benzene rings is 2. The van der Waals surface area contributed by atoms with Crippen molar-refractivity contribution < 1.29 is 23.7 Å². The molecule has 6 nitrogen and oxygen atoms in total. The fourth-order valence-corrected chi connectivity index (χ4v) is 3.20. The number of carbonyl (C=O) groups excluding carboxylic acids is 1. The number of anilines is 1. The van der Waals surface area contributed by atoms with Crippen LogP contribution in [-0.4, -0.2) is 38.6 Å². The lowest BCUT2D eigenvalue weighted by atomic mass is 10.2. The van der Waals surface area contributed by atoms with E-state index in [1.807, 2.05) is 25.1 Å². The number of hydrogen-bond acceptors (Lipinski definition) is 6. The molecule has 1 aliphatic heterocycles. The first-order valence-electron chi connectivity index (χ1n) is 8.32. The third-order valence-corrected chi connectivity index (χ3v) is 4.62. The van der Waals surface area contributed by atoms with E-state index in [4.69, 9.17) is 18.9 Å². The van der Waals surface area contributed by atoms with E-state index in [0.29, 0.717) is 37.0 Å². The van der Waals surface area contributed by atoms with Crippen molar-refractivity contribution in [1.82, 2.24) is 0 Å². The Morgan fingerprint density at radius 1 is 1.12 bits per heavy atom. The molecule has 7 heteroatoms. The number of hydrogen-bond donors (Lipinski definition) is 1. The predicted molar refractivity (Wildman–Crippen MR) is 101 cm³/mol. The van der Waals surface area contributed by atoms with Crippen molar-refractivity contribution in [2.24, 2.45) is 0 Å². The van der Waals surface area contributed by atoms with Crippen LogP contribution in [-0.2, 0) is 4.79 Å². The van der Waals surface area contributed by atoms with Gasteiger partial charge in [0, 0.05) is 16.6 Å². The zero-order chi connectivity index (χ0) is 18.4. The molecular formula is C19H21NO5S. The zero-order valence-electron chi connectivity index (χ0n) is 14.7. The summed E-state index contributed by atoms with van der Waals surface area (Å²) in [4.78, 5) is 13.2. The number of fused-ring (bicyclic) bond motifs is 1. The molecule has 1 aliphatic rings. The molecule has 1 amide bonds. The van der Waals surface area contributed by atoms with Crippen LogP contribution in [0.15, 0.2) is 41.3 Å². The average molecular weight is 375 g/mol. The first kappa shape index (κ1) is 18.3. The zero-order valence-corrected chi connectivity index (χ0v) is 15.6.